The van der Waals surface area contributed by atoms with Crippen LogP contribution in [0.5, 0.6) is 0 Å². The number of aliphatic hydroxyl groups excluding tert-OH is 1. The maximum atomic E-state index is 12.5. The Morgan fingerprint density at radius 1 is 1.55 bits per heavy atom. The van der Waals surface area contributed by atoms with E-state index in [0.29, 0.717) is 36.8 Å². The lowest BCUT2D eigenvalue weighted by Crippen LogP contribution is -2.54. The zero-order valence-corrected chi connectivity index (χ0v) is 12.6. The Balaban J connectivity index is 2.19. The number of carbonyl (C=O) groups excluding carboxylic acids is 1. The molecule has 2 rings (SSSR count). The molecule has 0 saturated carbocycles. The molecule has 1 aromatic rings. The quantitative estimate of drug-likeness (QED) is 0.894. The van der Waals surface area contributed by atoms with E-state index in [1.807, 2.05) is 18.4 Å². The number of nitrogens with zero attached hydrogens (tertiary/aromatic N) is 1. The van der Waals surface area contributed by atoms with E-state index < -0.39 is 5.54 Å². The highest BCUT2D eigenvalue weighted by molar-refractivity contribution is 6.31. The minimum absolute atomic E-state index is 0.0851. The van der Waals surface area contributed by atoms with E-state index in [9.17, 15) is 9.90 Å². The fourth-order valence-corrected chi connectivity index (χ4v) is 2.65. The van der Waals surface area contributed by atoms with Crippen LogP contribution in [-0.2, 0) is 4.74 Å². The topological polar surface area (TPSA) is 63.5 Å². The molecule has 5 nitrogen and oxygen atoms in total. The molecule has 1 fully saturated rings. The highest BCUT2D eigenvalue weighted by Gasteiger charge is 2.34. The van der Waals surface area contributed by atoms with Crippen LogP contribution in [0.2, 0.25) is 5.02 Å². The van der Waals surface area contributed by atoms with Crippen molar-refractivity contribution in [2.24, 2.45) is 0 Å². The van der Waals surface area contributed by atoms with Crippen molar-refractivity contribution in [1.29, 1.82) is 0 Å². The molecule has 1 aliphatic heterocycles. The minimum Gasteiger partial charge on any atom is -0.394 e. The predicted octanol–water partition coefficient (Wildman–Crippen LogP) is 1.99. The summed E-state index contributed by atoms with van der Waals surface area (Å²) in [5.74, 6) is -0.207. The Bertz CT molecular complexity index is 479. The van der Waals surface area contributed by atoms with Crippen molar-refractivity contribution >= 4 is 17.5 Å². The SMILES string of the molecule is CC(C)n1cc(Cl)cc1C(=O)NC1(CO)CCOCC1. The number of nitrogens with one attached hydrogen (secondary N) is 1. The molecular weight excluding hydrogens is 280 g/mol. The summed E-state index contributed by atoms with van der Waals surface area (Å²) in [6.07, 6.45) is 2.98. The Morgan fingerprint density at radius 2 is 2.20 bits per heavy atom. The lowest BCUT2D eigenvalue weighted by molar-refractivity contribution is 0.0123. The molecule has 2 heterocycles. The molecule has 0 aliphatic carbocycles. The number of carbonyl (C=O) groups is 1. The van der Waals surface area contributed by atoms with Gasteiger partial charge in [0.1, 0.15) is 5.69 Å². The first kappa shape index (κ1) is 15.4. The third kappa shape index (κ3) is 3.16. The smallest absolute Gasteiger partial charge is 0.268 e. The normalized spacial score (nSPS) is 18.2. The molecule has 2 N–H and O–H groups in total. The Hall–Kier alpha value is -1.04. The van der Waals surface area contributed by atoms with E-state index in [2.05, 4.69) is 5.32 Å². The summed E-state index contributed by atoms with van der Waals surface area (Å²) in [5.41, 5.74) is -0.0715. The molecule has 0 aromatic carbocycles. The first-order valence-corrected chi connectivity index (χ1v) is 7.24. The summed E-state index contributed by atoms with van der Waals surface area (Å²) in [5, 5.41) is 13.1. The lowest BCUT2D eigenvalue weighted by Gasteiger charge is -2.36. The summed E-state index contributed by atoms with van der Waals surface area (Å²) >= 11 is 5.99. The van der Waals surface area contributed by atoms with Crippen LogP contribution in [0.4, 0.5) is 0 Å². The van der Waals surface area contributed by atoms with Crippen molar-refractivity contribution in [3.63, 3.8) is 0 Å². The molecule has 0 bridgehead atoms. The summed E-state index contributed by atoms with van der Waals surface area (Å²) < 4.78 is 7.13. The third-order valence-electron chi connectivity index (χ3n) is 3.74. The summed E-state index contributed by atoms with van der Waals surface area (Å²) in [4.78, 5) is 12.5. The maximum Gasteiger partial charge on any atom is 0.268 e. The Morgan fingerprint density at radius 3 is 2.75 bits per heavy atom. The number of hydrogen-bond acceptors (Lipinski definition) is 3. The fraction of sp³-hybridized carbons (Fsp3) is 0.643. The van der Waals surface area contributed by atoms with Gasteiger partial charge in [-0.05, 0) is 32.8 Å². The van der Waals surface area contributed by atoms with Gasteiger partial charge in [0.2, 0.25) is 0 Å². The van der Waals surface area contributed by atoms with E-state index in [4.69, 9.17) is 16.3 Å². The first-order valence-electron chi connectivity index (χ1n) is 6.86. The van der Waals surface area contributed by atoms with Crippen LogP contribution in [0.1, 0.15) is 43.2 Å². The molecule has 1 amide bonds. The van der Waals surface area contributed by atoms with Crippen LogP contribution < -0.4 is 5.32 Å². The average Bonchev–Trinajstić information content (AvgIpc) is 2.82. The van der Waals surface area contributed by atoms with Crippen LogP contribution in [-0.4, -0.2) is 40.9 Å². The van der Waals surface area contributed by atoms with Crippen molar-refractivity contribution in [3.8, 4) is 0 Å². The molecule has 112 valence electrons. The van der Waals surface area contributed by atoms with Crippen molar-refractivity contribution in [3.05, 3.63) is 23.0 Å². The van der Waals surface area contributed by atoms with Gasteiger partial charge in [0.25, 0.3) is 5.91 Å². The monoisotopic (exact) mass is 300 g/mol. The Labute approximate surface area is 123 Å². The molecule has 20 heavy (non-hydrogen) atoms. The Kier molecular flexibility index (Phi) is 4.73. The first-order chi connectivity index (χ1) is 9.47. The fourth-order valence-electron chi connectivity index (χ4n) is 2.44. The number of hydrogen-bond donors (Lipinski definition) is 2. The van der Waals surface area contributed by atoms with Crippen molar-refractivity contribution in [2.75, 3.05) is 19.8 Å². The van der Waals surface area contributed by atoms with E-state index in [1.165, 1.54) is 0 Å². The molecule has 0 unspecified atom stereocenters. The second-order valence-electron chi connectivity index (χ2n) is 5.55. The van der Waals surface area contributed by atoms with E-state index >= 15 is 0 Å². The zero-order valence-electron chi connectivity index (χ0n) is 11.9. The summed E-state index contributed by atoms with van der Waals surface area (Å²) in [6, 6.07) is 1.80. The van der Waals surface area contributed by atoms with Crippen molar-refractivity contribution in [1.82, 2.24) is 9.88 Å². The number of amides is 1. The van der Waals surface area contributed by atoms with Gasteiger partial charge in [0.15, 0.2) is 0 Å². The van der Waals surface area contributed by atoms with E-state index in [0.717, 1.165) is 0 Å². The van der Waals surface area contributed by atoms with Gasteiger partial charge in [-0.25, -0.2) is 0 Å². The van der Waals surface area contributed by atoms with E-state index in [-0.39, 0.29) is 18.6 Å². The molecule has 1 aliphatic rings. The van der Waals surface area contributed by atoms with Gasteiger partial charge in [-0.15, -0.1) is 0 Å². The number of ether oxygens (including phenoxy) is 1. The second-order valence-corrected chi connectivity index (χ2v) is 5.99. The van der Waals surface area contributed by atoms with Gasteiger partial charge in [0.05, 0.1) is 17.2 Å². The standard InChI is InChI=1S/C14H21ClN2O3/c1-10(2)17-8-11(15)7-12(17)13(19)16-14(9-18)3-5-20-6-4-14/h7-8,10,18H,3-6,9H2,1-2H3,(H,16,19). The molecule has 6 heteroatoms. The number of aromatic nitrogens is 1. The van der Waals surface area contributed by atoms with Crippen LogP contribution in [0.15, 0.2) is 12.3 Å². The van der Waals surface area contributed by atoms with Crippen molar-refractivity contribution < 1.29 is 14.6 Å². The third-order valence-corrected chi connectivity index (χ3v) is 3.94. The van der Waals surface area contributed by atoms with Crippen LogP contribution in [0, 0.1) is 0 Å². The van der Waals surface area contributed by atoms with Crippen molar-refractivity contribution in [2.45, 2.75) is 38.3 Å². The number of aliphatic hydroxyl groups is 1. The van der Waals surface area contributed by atoms with Gasteiger partial charge < -0.3 is 19.7 Å². The lowest BCUT2D eigenvalue weighted by atomic mass is 9.91. The summed E-state index contributed by atoms with van der Waals surface area (Å²) in [7, 11) is 0. The number of halogens is 1. The van der Waals surface area contributed by atoms with Crippen LogP contribution >= 0.6 is 11.6 Å². The predicted molar refractivity (Wildman–Crippen MR) is 77.2 cm³/mol. The minimum atomic E-state index is -0.589. The number of rotatable bonds is 4. The molecule has 1 aromatic heterocycles. The van der Waals surface area contributed by atoms with Crippen LogP contribution in [0.3, 0.4) is 0 Å². The molecule has 0 radical (unpaired) electrons. The van der Waals surface area contributed by atoms with Gasteiger partial charge in [0, 0.05) is 25.5 Å². The molecular formula is C14H21ClN2O3. The second kappa shape index (κ2) is 6.16. The average molecular weight is 301 g/mol. The highest BCUT2D eigenvalue weighted by Crippen LogP contribution is 2.23. The van der Waals surface area contributed by atoms with Gasteiger partial charge in [-0.1, -0.05) is 11.6 Å². The van der Waals surface area contributed by atoms with E-state index in [1.54, 1.807) is 12.3 Å². The molecule has 1 saturated heterocycles. The van der Waals surface area contributed by atoms with Crippen LogP contribution in [0.25, 0.3) is 0 Å². The van der Waals surface area contributed by atoms with Gasteiger partial charge in [-0.2, -0.15) is 0 Å². The largest absolute Gasteiger partial charge is 0.394 e. The van der Waals surface area contributed by atoms with Gasteiger partial charge >= 0.3 is 0 Å². The van der Waals surface area contributed by atoms with Gasteiger partial charge in [-0.3, -0.25) is 4.79 Å². The molecule has 0 atom stereocenters. The zero-order chi connectivity index (χ0) is 14.8. The maximum absolute atomic E-state index is 12.5. The summed E-state index contributed by atoms with van der Waals surface area (Å²) in [6.45, 7) is 4.99. The molecule has 0 spiro atoms. The highest BCUT2D eigenvalue weighted by atomic mass is 35.5.